The first-order chi connectivity index (χ1) is 10.7. The summed E-state index contributed by atoms with van der Waals surface area (Å²) in [4.78, 5) is 18.5. The quantitative estimate of drug-likeness (QED) is 0.868. The molecule has 1 fully saturated rings. The second kappa shape index (κ2) is 6.29. The van der Waals surface area contributed by atoms with Gasteiger partial charge in [0.05, 0.1) is 25.8 Å². The van der Waals surface area contributed by atoms with Gasteiger partial charge in [-0.1, -0.05) is 12.1 Å². The molecule has 3 rings (SSSR count). The minimum absolute atomic E-state index is 0.0949. The van der Waals surface area contributed by atoms with Crippen LogP contribution in [-0.4, -0.2) is 54.4 Å². The first-order valence-electron chi connectivity index (χ1n) is 7.19. The van der Waals surface area contributed by atoms with E-state index in [9.17, 15) is 9.90 Å². The summed E-state index contributed by atoms with van der Waals surface area (Å²) in [6, 6.07) is 7.21. The number of pyridine rings is 1. The number of esters is 1. The van der Waals surface area contributed by atoms with E-state index < -0.39 is 5.97 Å². The molecule has 22 heavy (non-hydrogen) atoms. The van der Waals surface area contributed by atoms with Gasteiger partial charge < -0.3 is 14.6 Å². The Labute approximate surface area is 128 Å². The topological polar surface area (TPSA) is 71.9 Å². The van der Waals surface area contributed by atoms with Crippen LogP contribution in [0.2, 0.25) is 0 Å². The molecule has 0 saturated carbocycles. The van der Waals surface area contributed by atoms with Gasteiger partial charge in [-0.15, -0.1) is 0 Å². The van der Waals surface area contributed by atoms with Crippen LogP contribution in [0.15, 0.2) is 24.3 Å². The minimum atomic E-state index is -0.538. The van der Waals surface area contributed by atoms with Crippen molar-refractivity contribution in [1.29, 1.82) is 0 Å². The predicted octanol–water partition coefficient (Wildman–Crippen LogP) is 1.56. The smallest absolute Gasteiger partial charge is 0.357 e. The van der Waals surface area contributed by atoms with Crippen molar-refractivity contribution in [3.8, 4) is 5.75 Å². The summed E-state index contributed by atoms with van der Waals surface area (Å²) < 4.78 is 10.1. The first kappa shape index (κ1) is 14.7. The number of para-hydroxylation sites is 1. The van der Waals surface area contributed by atoms with E-state index in [-0.39, 0.29) is 11.4 Å². The fraction of sp³-hybridized carbons (Fsp3) is 0.375. The lowest BCUT2D eigenvalue weighted by atomic mass is 10.1. The maximum atomic E-state index is 12.0. The second-order valence-corrected chi connectivity index (χ2v) is 5.18. The summed E-state index contributed by atoms with van der Waals surface area (Å²) >= 11 is 0. The number of benzene rings is 1. The Bertz CT molecular complexity index is 696. The lowest BCUT2D eigenvalue weighted by Crippen LogP contribution is -2.36. The van der Waals surface area contributed by atoms with Crippen LogP contribution in [0.25, 0.3) is 10.9 Å². The molecule has 1 aliphatic heterocycles. The molecule has 1 N–H and O–H groups in total. The SMILES string of the molecule is COC(=O)c1nc2ccccc2c(O)c1CN1CCOCC1. The zero-order valence-electron chi connectivity index (χ0n) is 12.4. The Balaban J connectivity index is 2.07. The molecule has 0 aliphatic carbocycles. The molecule has 1 aromatic heterocycles. The van der Waals surface area contributed by atoms with Gasteiger partial charge in [0, 0.05) is 30.6 Å². The lowest BCUT2D eigenvalue weighted by molar-refractivity contribution is 0.0334. The monoisotopic (exact) mass is 302 g/mol. The fourth-order valence-corrected chi connectivity index (χ4v) is 2.63. The van der Waals surface area contributed by atoms with Crippen LogP contribution in [0, 0.1) is 0 Å². The molecule has 1 aliphatic rings. The van der Waals surface area contributed by atoms with Gasteiger partial charge in [0.15, 0.2) is 5.69 Å². The maximum Gasteiger partial charge on any atom is 0.357 e. The number of hydrogen-bond acceptors (Lipinski definition) is 6. The predicted molar refractivity (Wildman–Crippen MR) is 80.8 cm³/mol. The molecule has 6 heteroatoms. The Morgan fingerprint density at radius 2 is 2.09 bits per heavy atom. The molecular weight excluding hydrogens is 284 g/mol. The highest BCUT2D eigenvalue weighted by Crippen LogP contribution is 2.31. The van der Waals surface area contributed by atoms with Crippen LogP contribution in [0.4, 0.5) is 0 Å². The number of methoxy groups -OCH3 is 1. The van der Waals surface area contributed by atoms with Gasteiger partial charge in [-0.3, -0.25) is 4.90 Å². The van der Waals surface area contributed by atoms with E-state index in [1.54, 1.807) is 12.1 Å². The van der Waals surface area contributed by atoms with Gasteiger partial charge >= 0.3 is 5.97 Å². The number of carbonyl (C=O) groups is 1. The highest BCUT2D eigenvalue weighted by atomic mass is 16.5. The van der Waals surface area contributed by atoms with Crippen molar-refractivity contribution in [2.45, 2.75) is 6.54 Å². The van der Waals surface area contributed by atoms with Crippen molar-refractivity contribution in [3.63, 3.8) is 0 Å². The van der Waals surface area contributed by atoms with Gasteiger partial charge in [-0.2, -0.15) is 0 Å². The molecule has 0 spiro atoms. The van der Waals surface area contributed by atoms with E-state index in [1.807, 2.05) is 12.1 Å². The van der Waals surface area contributed by atoms with E-state index in [1.165, 1.54) is 7.11 Å². The van der Waals surface area contributed by atoms with Crippen molar-refractivity contribution in [2.75, 3.05) is 33.4 Å². The van der Waals surface area contributed by atoms with E-state index in [4.69, 9.17) is 9.47 Å². The zero-order valence-corrected chi connectivity index (χ0v) is 12.4. The molecule has 0 unspecified atom stereocenters. The molecule has 1 saturated heterocycles. The highest BCUT2D eigenvalue weighted by Gasteiger charge is 2.23. The number of nitrogens with zero attached hydrogens (tertiary/aromatic N) is 2. The molecule has 0 amide bonds. The van der Waals surface area contributed by atoms with Gasteiger partial charge in [-0.05, 0) is 12.1 Å². The van der Waals surface area contributed by atoms with Crippen LogP contribution in [0.5, 0.6) is 5.75 Å². The number of carbonyl (C=O) groups excluding carboxylic acids is 1. The van der Waals surface area contributed by atoms with Crippen LogP contribution >= 0.6 is 0 Å². The Hall–Kier alpha value is -2.18. The maximum absolute atomic E-state index is 12.0. The largest absolute Gasteiger partial charge is 0.507 e. The molecule has 2 aromatic rings. The highest BCUT2D eigenvalue weighted by molar-refractivity contribution is 5.96. The molecule has 0 radical (unpaired) electrons. The Morgan fingerprint density at radius 1 is 1.36 bits per heavy atom. The van der Waals surface area contributed by atoms with Gasteiger partial charge in [-0.25, -0.2) is 9.78 Å². The third kappa shape index (κ3) is 2.75. The average Bonchev–Trinajstić information content (AvgIpc) is 2.57. The Kier molecular flexibility index (Phi) is 4.22. The van der Waals surface area contributed by atoms with Crippen molar-refractivity contribution < 1.29 is 19.4 Å². The van der Waals surface area contributed by atoms with E-state index in [2.05, 4.69) is 9.88 Å². The van der Waals surface area contributed by atoms with Crippen LogP contribution in [0.3, 0.4) is 0 Å². The van der Waals surface area contributed by atoms with Crippen molar-refractivity contribution in [3.05, 3.63) is 35.5 Å². The van der Waals surface area contributed by atoms with Crippen molar-refractivity contribution in [2.24, 2.45) is 0 Å². The molecule has 116 valence electrons. The number of rotatable bonds is 3. The summed E-state index contributed by atoms with van der Waals surface area (Å²) in [6.45, 7) is 3.25. The van der Waals surface area contributed by atoms with Crippen LogP contribution in [0.1, 0.15) is 16.1 Å². The number of aromatic hydroxyl groups is 1. The summed E-state index contributed by atoms with van der Waals surface area (Å²) in [7, 11) is 1.31. The zero-order chi connectivity index (χ0) is 15.5. The van der Waals surface area contributed by atoms with Crippen molar-refractivity contribution in [1.82, 2.24) is 9.88 Å². The van der Waals surface area contributed by atoms with Gasteiger partial charge in [0.1, 0.15) is 5.75 Å². The average molecular weight is 302 g/mol. The molecule has 6 nitrogen and oxygen atoms in total. The van der Waals surface area contributed by atoms with Crippen molar-refractivity contribution >= 4 is 16.9 Å². The lowest BCUT2D eigenvalue weighted by Gasteiger charge is -2.27. The summed E-state index contributed by atoms with van der Waals surface area (Å²) in [5.74, 6) is -0.443. The third-order valence-corrected chi connectivity index (χ3v) is 3.83. The number of hydrogen-bond donors (Lipinski definition) is 1. The first-order valence-corrected chi connectivity index (χ1v) is 7.19. The molecular formula is C16H18N2O4. The number of morpholine rings is 1. The second-order valence-electron chi connectivity index (χ2n) is 5.18. The van der Waals surface area contributed by atoms with Crippen LogP contribution < -0.4 is 0 Å². The minimum Gasteiger partial charge on any atom is -0.507 e. The molecule has 1 aromatic carbocycles. The number of fused-ring (bicyclic) bond motifs is 1. The normalized spacial score (nSPS) is 15.9. The van der Waals surface area contributed by atoms with Crippen LogP contribution in [-0.2, 0) is 16.0 Å². The third-order valence-electron chi connectivity index (χ3n) is 3.83. The standard InChI is InChI=1S/C16H18N2O4/c1-21-16(20)14-12(10-18-6-8-22-9-7-18)15(19)11-4-2-3-5-13(11)17-14/h2-5H,6-10H2,1H3,(H,17,19). The number of aromatic nitrogens is 1. The van der Waals surface area contributed by atoms with E-state index in [0.29, 0.717) is 36.2 Å². The summed E-state index contributed by atoms with van der Waals surface area (Å²) in [5.41, 5.74) is 1.25. The Morgan fingerprint density at radius 3 is 2.82 bits per heavy atom. The van der Waals surface area contributed by atoms with Gasteiger partial charge in [0.25, 0.3) is 0 Å². The van der Waals surface area contributed by atoms with E-state index >= 15 is 0 Å². The van der Waals surface area contributed by atoms with Gasteiger partial charge in [0.2, 0.25) is 0 Å². The number of ether oxygens (including phenoxy) is 2. The molecule has 2 heterocycles. The summed E-state index contributed by atoms with van der Waals surface area (Å²) in [6.07, 6.45) is 0. The summed E-state index contributed by atoms with van der Waals surface area (Å²) in [5, 5.41) is 11.2. The molecule has 0 bridgehead atoms. The molecule has 0 atom stereocenters. The van der Waals surface area contributed by atoms with E-state index in [0.717, 1.165) is 13.1 Å². The fourth-order valence-electron chi connectivity index (χ4n) is 2.63.